The van der Waals surface area contributed by atoms with Gasteiger partial charge in [0.2, 0.25) is 0 Å². The van der Waals surface area contributed by atoms with Gasteiger partial charge in [-0.1, -0.05) is 6.07 Å². The number of hydrogen-bond acceptors (Lipinski definition) is 6. The maximum Gasteiger partial charge on any atom is 0.109 e. The Kier molecular flexibility index (Phi) is 7.54. The molecule has 7 heteroatoms. The van der Waals surface area contributed by atoms with Crippen LogP contribution in [0.25, 0.3) is 11.4 Å². The topological polar surface area (TPSA) is 91.3 Å². The Hall–Kier alpha value is -2.19. The molecule has 3 aromatic rings. The molecule has 3 N–H and O–H groups in total. The Labute approximate surface area is 199 Å². The Morgan fingerprint density at radius 1 is 1.09 bits per heavy atom. The summed E-state index contributed by atoms with van der Waals surface area (Å²) in [7, 11) is 0. The molecule has 4 rings (SSSR count). The molecule has 0 amide bonds. The van der Waals surface area contributed by atoms with E-state index in [1.54, 1.807) is 31.8 Å². The van der Waals surface area contributed by atoms with Gasteiger partial charge in [-0.05, 0) is 75.6 Å². The lowest BCUT2D eigenvalue weighted by Gasteiger charge is -2.26. The maximum absolute atomic E-state index is 10.3. The smallest absolute Gasteiger partial charge is 0.109 e. The summed E-state index contributed by atoms with van der Waals surface area (Å²) in [6.07, 6.45) is 7.84. The molecule has 0 bridgehead atoms. The molecule has 1 aliphatic rings. The molecule has 0 aromatic carbocycles. The zero-order valence-corrected chi connectivity index (χ0v) is 20.3. The van der Waals surface area contributed by atoms with Gasteiger partial charge in [0.25, 0.3) is 0 Å². The number of thioether (sulfide) groups is 1. The maximum atomic E-state index is 10.3. The number of nitrogens with zero attached hydrogens (tertiary/aromatic N) is 2. The monoisotopic (exact) mass is 467 g/mol. The number of aromatic nitrogens is 3. The summed E-state index contributed by atoms with van der Waals surface area (Å²) >= 11 is 1.70. The molecule has 0 spiro atoms. The van der Waals surface area contributed by atoms with Crippen LogP contribution in [-0.2, 0) is 4.74 Å². The minimum Gasteiger partial charge on any atom is -0.387 e. The number of hydrogen-bond donors (Lipinski definition) is 3. The van der Waals surface area contributed by atoms with Crippen LogP contribution in [0.1, 0.15) is 62.1 Å². The molecule has 6 nitrogen and oxygen atoms in total. The van der Waals surface area contributed by atoms with Gasteiger partial charge in [0, 0.05) is 53.4 Å². The standard InChI is InChI=1S/C26H33N3O3S/c1-26(2,31)25(30)18-4-6-23(27-15-18)24-9-8-22(29-24)20(14-17-10-12-32-13-11-17)21-7-5-19(33-3)16-28-21/h4-9,15-17,20,25,29-31H,10-14H2,1-3H3. The lowest BCUT2D eigenvalue weighted by molar-refractivity contribution is -0.0498. The zero-order chi connectivity index (χ0) is 23.4. The second-order valence-corrected chi connectivity index (χ2v) is 10.2. The summed E-state index contributed by atoms with van der Waals surface area (Å²) in [6, 6.07) is 12.2. The normalized spacial score (nSPS) is 17.1. The van der Waals surface area contributed by atoms with Crippen LogP contribution in [0.2, 0.25) is 0 Å². The average molecular weight is 468 g/mol. The highest BCUT2D eigenvalue weighted by atomic mass is 32.2. The van der Waals surface area contributed by atoms with Crippen molar-refractivity contribution in [2.75, 3.05) is 19.5 Å². The molecule has 0 aliphatic carbocycles. The van der Waals surface area contributed by atoms with Crippen molar-refractivity contribution in [1.82, 2.24) is 15.0 Å². The van der Waals surface area contributed by atoms with Gasteiger partial charge in [-0.3, -0.25) is 9.97 Å². The number of nitrogens with one attached hydrogen (secondary N) is 1. The second-order valence-electron chi connectivity index (χ2n) is 9.33. The van der Waals surface area contributed by atoms with Crippen LogP contribution in [-0.4, -0.2) is 50.2 Å². The summed E-state index contributed by atoms with van der Waals surface area (Å²) in [4.78, 5) is 14.1. The molecular formula is C26H33N3O3S. The van der Waals surface area contributed by atoms with E-state index in [2.05, 4.69) is 40.5 Å². The summed E-state index contributed by atoms with van der Waals surface area (Å²) in [5, 5.41) is 20.4. The highest BCUT2D eigenvalue weighted by molar-refractivity contribution is 7.98. The number of ether oxygens (including phenoxy) is 1. The van der Waals surface area contributed by atoms with Gasteiger partial charge in [-0.2, -0.15) is 0 Å². The lowest BCUT2D eigenvalue weighted by Crippen LogP contribution is -2.28. The van der Waals surface area contributed by atoms with Crippen molar-refractivity contribution >= 4 is 11.8 Å². The van der Waals surface area contributed by atoms with Gasteiger partial charge in [0.05, 0.1) is 17.0 Å². The Bertz CT molecular complexity index is 1020. The predicted molar refractivity (Wildman–Crippen MR) is 131 cm³/mol. The number of H-pyrrole nitrogens is 1. The van der Waals surface area contributed by atoms with Crippen LogP contribution < -0.4 is 0 Å². The molecule has 0 radical (unpaired) electrons. The first-order chi connectivity index (χ1) is 15.8. The highest BCUT2D eigenvalue weighted by Crippen LogP contribution is 2.35. The molecule has 176 valence electrons. The average Bonchev–Trinajstić information content (AvgIpc) is 3.32. The van der Waals surface area contributed by atoms with Crippen molar-refractivity contribution in [2.24, 2.45) is 5.92 Å². The van der Waals surface area contributed by atoms with Crippen LogP contribution >= 0.6 is 11.8 Å². The predicted octanol–water partition coefficient (Wildman–Crippen LogP) is 4.95. The minimum absolute atomic E-state index is 0.175. The van der Waals surface area contributed by atoms with Crippen molar-refractivity contribution in [2.45, 2.75) is 55.6 Å². The van der Waals surface area contributed by atoms with E-state index in [0.29, 0.717) is 11.5 Å². The van der Waals surface area contributed by atoms with Gasteiger partial charge in [-0.25, -0.2) is 0 Å². The third kappa shape index (κ3) is 5.84. The highest BCUT2D eigenvalue weighted by Gasteiger charge is 2.27. The molecule has 2 unspecified atom stereocenters. The van der Waals surface area contributed by atoms with E-state index >= 15 is 0 Å². The van der Waals surface area contributed by atoms with E-state index in [1.165, 1.54) is 0 Å². The van der Waals surface area contributed by atoms with Crippen LogP contribution in [0.15, 0.2) is 53.7 Å². The number of aromatic amines is 1. The van der Waals surface area contributed by atoms with Gasteiger partial charge in [-0.15, -0.1) is 11.8 Å². The lowest BCUT2D eigenvalue weighted by atomic mass is 9.85. The van der Waals surface area contributed by atoms with Crippen molar-refractivity contribution in [3.63, 3.8) is 0 Å². The molecule has 33 heavy (non-hydrogen) atoms. The third-order valence-electron chi connectivity index (χ3n) is 6.39. The first-order valence-corrected chi connectivity index (χ1v) is 12.7. The van der Waals surface area contributed by atoms with Crippen LogP contribution in [0, 0.1) is 5.92 Å². The molecule has 0 saturated carbocycles. The molecule has 1 fully saturated rings. The molecular weight excluding hydrogens is 434 g/mol. The van der Waals surface area contributed by atoms with Crippen molar-refractivity contribution in [1.29, 1.82) is 0 Å². The molecule has 4 heterocycles. The number of aliphatic hydroxyl groups excluding tert-OH is 1. The second kappa shape index (κ2) is 10.4. The first kappa shape index (κ1) is 24.0. The molecule has 3 aromatic heterocycles. The Morgan fingerprint density at radius 2 is 1.88 bits per heavy atom. The largest absolute Gasteiger partial charge is 0.387 e. The van der Waals surface area contributed by atoms with E-state index in [-0.39, 0.29) is 5.92 Å². The van der Waals surface area contributed by atoms with Crippen LogP contribution in [0.4, 0.5) is 0 Å². The zero-order valence-electron chi connectivity index (χ0n) is 19.5. The summed E-state index contributed by atoms with van der Waals surface area (Å²) in [5.74, 6) is 0.785. The van der Waals surface area contributed by atoms with Crippen molar-refractivity contribution in [3.05, 3.63) is 65.7 Å². The summed E-state index contributed by atoms with van der Waals surface area (Å²) in [5.41, 5.74) is 3.29. The molecule has 1 saturated heterocycles. The third-order valence-corrected chi connectivity index (χ3v) is 7.11. The number of rotatable bonds is 8. The quantitative estimate of drug-likeness (QED) is 0.406. The minimum atomic E-state index is -1.22. The first-order valence-electron chi connectivity index (χ1n) is 11.5. The fourth-order valence-electron chi connectivity index (χ4n) is 4.34. The Morgan fingerprint density at radius 3 is 2.48 bits per heavy atom. The van der Waals surface area contributed by atoms with Gasteiger partial charge < -0.3 is 19.9 Å². The van der Waals surface area contributed by atoms with Crippen LogP contribution in [0.5, 0.6) is 0 Å². The number of aliphatic hydroxyl groups is 2. The van der Waals surface area contributed by atoms with E-state index < -0.39 is 11.7 Å². The van der Waals surface area contributed by atoms with Crippen LogP contribution in [0.3, 0.4) is 0 Å². The fourth-order valence-corrected chi connectivity index (χ4v) is 4.70. The Balaban J connectivity index is 1.58. The summed E-state index contributed by atoms with van der Waals surface area (Å²) in [6.45, 7) is 4.83. The van der Waals surface area contributed by atoms with Crippen molar-refractivity contribution in [3.8, 4) is 11.4 Å². The summed E-state index contributed by atoms with van der Waals surface area (Å²) < 4.78 is 5.56. The van der Waals surface area contributed by atoms with Gasteiger partial charge >= 0.3 is 0 Å². The SMILES string of the molecule is CSc1ccc(C(CC2CCOCC2)c2ccc(-c3ccc(C(O)C(C)(C)O)cn3)[nH]2)nc1. The van der Waals surface area contributed by atoms with Gasteiger partial charge in [0.1, 0.15) is 6.10 Å². The molecule has 1 aliphatic heterocycles. The van der Waals surface area contributed by atoms with E-state index in [1.807, 2.05) is 18.3 Å². The van der Waals surface area contributed by atoms with E-state index in [4.69, 9.17) is 9.72 Å². The fraction of sp³-hybridized carbons (Fsp3) is 0.462. The molecule has 2 atom stereocenters. The van der Waals surface area contributed by atoms with E-state index in [9.17, 15) is 10.2 Å². The van der Waals surface area contributed by atoms with Gasteiger partial charge in [0.15, 0.2) is 0 Å². The van der Waals surface area contributed by atoms with E-state index in [0.717, 1.165) is 60.1 Å². The van der Waals surface area contributed by atoms with Crippen molar-refractivity contribution < 1.29 is 14.9 Å². The number of pyridine rings is 2.